The Morgan fingerprint density at radius 1 is 0.951 bits per heavy atom. The number of carbonyl (C=O) groups is 2. The Kier molecular flexibility index (Phi) is 8.95. The fraction of sp³-hybridized carbons (Fsp3) is 0.200. The van der Waals surface area contributed by atoms with E-state index in [1.807, 2.05) is 18.2 Å². The minimum atomic E-state index is -3.02. The van der Waals surface area contributed by atoms with Crippen molar-refractivity contribution in [3.63, 3.8) is 0 Å². The third kappa shape index (κ3) is 7.12. The fourth-order valence-electron chi connectivity index (χ4n) is 4.48. The number of nitrogens with zero attached hydrogens (tertiary/aromatic N) is 2. The quantitative estimate of drug-likeness (QED) is 0.150. The van der Waals surface area contributed by atoms with E-state index in [4.69, 9.17) is 0 Å². The molecule has 2 amide bonds. The molecule has 0 aliphatic carbocycles. The average molecular weight is 576 g/mol. The molecule has 0 fully saturated rings. The molecule has 0 spiro atoms. The number of amides is 2. The van der Waals surface area contributed by atoms with Crippen LogP contribution in [0.2, 0.25) is 0 Å². The maximum atomic E-state index is 12.9. The summed E-state index contributed by atoms with van der Waals surface area (Å²) in [5.74, 6) is -0.300. The third-order valence-corrected chi connectivity index (χ3v) is 7.27. The first-order valence-electron chi connectivity index (χ1n) is 13.0. The summed E-state index contributed by atoms with van der Waals surface area (Å²) in [6.07, 6.45) is 5.06. The number of unbranched alkanes of at least 4 members (excludes halogenated alkanes) is 1. The molecule has 210 valence electrons. The van der Waals surface area contributed by atoms with E-state index in [1.165, 1.54) is 35.7 Å². The first-order chi connectivity index (χ1) is 20.0. The number of carbonyl (C=O) groups excluding carboxylic acids is 2. The second kappa shape index (κ2) is 13.1. The van der Waals surface area contributed by atoms with Gasteiger partial charge in [0.25, 0.3) is 11.8 Å². The summed E-state index contributed by atoms with van der Waals surface area (Å²) in [6, 6.07) is 19.7. The number of hydrogen-bond donors (Lipinski definition) is 3. The minimum Gasteiger partial charge on any atom is -0.434 e. The summed E-state index contributed by atoms with van der Waals surface area (Å²) < 4.78 is 29.8. The van der Waals surface area contributed by atoms with Crippen LogP contribution in [0.1, 0.15) is 51.2 Å². The van der Waals surface area contributed by atoms with Gasteiger partial charge < -0.3 is 20.4 Å². The van der Waals surface area contributed by atoms with Crippen LogP contribution in [0, 0.1) is 0 Å². The second-order valence-corrected chi connectivity index (χ2v) is 10.1. The van der Waals surface area contributed by atoms with E-state index in [0.29, 0.717) is 36.5 Å². The Morgan fingerprint density at radius 2 is 1.76 bits per heavy atom. The van der Waals surface area contributed by atoms with E-state index in [1.54, 1.807) is 17.8 Å². The van der Waals surface area contributed by atoms with Crippen LogP contribution >= 0.6 is 11.3 Å². The van der Waals surface area contributed by atoms with Gasteiger partial charge in [0.1, 0.15) is 16.5 Å². The molecule has 5 aromatic rings. The molecular weight excluding hydrogens is 548 g/mol. The number of thiazole rings is 1. The smallest absolute Gasteiger partial charge is 0.387 e. The zero-order valence-electron chi connectivity index (χ0n) is 21.8. The SMILES string of the molecule is O=C(N[C@@H](CCCCNC(=O)c1ccccc1OC(F)F)c1ncc(-c2ccc3ccccc3c2)[nH]1)c1cncs1. The largest absolute Gasteiger partial charge is 0.434 e. The summed E-state index contributed by atoms with van der Waals surface area (Å²) >= 11 is 1.25. The van der Waals surface area contributed by atoms with Crippen molar-refractivity contribution in [3.8, 4) is 17.0 Å². The molecule has 2 aromatic heterocycles. The van der Waals surface area contributed by atoms with Crippen LogP contribution < -0.4 is 15.4 Å². The third-order valence-electron chi connectivity index (χ3n) is 6.50. The summed E-state index contributed by atoms with van der Waals surface area (Å²) in [4.78, 5) is 37.8. The number of alkyl halides is 2. The number of hydrogen-bond acceptors (Lipinski definition) is 6. The first kappa shape index (κ1) is 27.9. The van der Waals surface area contributed by atoms with Gasteiger partial charge in [0, 0.05) is 12.1 Å². The lowest BCUT2D eigenvalue weighted by atomic mass is 10.1. The molecule has 5 rings (SSSR count). The molecule has 11 heteroatoms. The van der Waals surface area contributed by atoms with Crippen molar-refractivity contribution in [1.82, 2.24) is 25.6 Å². The van der Waals surface area contributed by atoms with Gasteiger partial charge in [-0.1, -0.05) is 48.5 Å². The zero-order valence-corrected chi connectivity index (χ0v) is 22.7. The van der Waals surface area contributed by atoms with Gasteiger partial charge in [-0.25, -0.2) is 4.98 Å². The predicted octanol–water partition coefficient (Wildman–Crippen LogP) is 6.36. The Labute approximate surface area is 238 Å². The molecule has 3 N–H and O–H groups in total. The number of halogens is 2. The van der Waals surface area contributed by atoms with Crippen LogP contribution in [0.3, 0.4) is 0 Å². The van der Waals surface area contributed by atoms with Crippen LogP contribution in [0.25, 0.3) is 22.0 Å². The van der Waals surface area contributed by atoms with Crippen molar-refractivity contribution in [2.24, 2.45) is 0 Å². The molecule has 0 saturated heterocycles. The van der Waals surface area contributed by atoms with Crippen molar-refractivity contribution < 1.29 is 23.1 Å². The number of aromatic nitrogens is 3. The van der Waals surface area contributed by atoms with Gasteiger partial charge in [-0.15, -0.1) is 11.3 Å². The maximum Gasteiger partial charge on any atom is 0.387 e. The van der Waals surface area contributed by atoms with E-state index in [0.717, 1.165) is 22.0 Å². The van der Waals surface area contributed by atoms with Crippen molar-refractivity contribution in [2.45, 2.75) is 31.9 Å². The van der Waals surface area contributed by atoms with Gasteiger partial charge in [-0.2, -0.15) is 8.78 Å². The second-order valence-electron chi connectivity index (χ2n) is 9.26. The molecule has 1 atom stereocenters. The number of rotatable bonds is 12. The molecule has 0 unspecified atom stereocenters. The Balaban J connectivity index is 1.23. The number of para-hydroxylation sites is 1. The van der Waals surface area contributed by atoms with Crippen molar-refractivity contribution in [2.75, 3.05) is 6.54 Å². The predicted molar refractivity (Wildman–Crippen MR) is 153 cm³/mol. The number of H-pyrrole nitrogens is 1. The topological polar surface area (TPSA) is 109 Å². The molecule has 2 heterocycles. The van der Waals surface area contributed by atoms with Gasteiger partial charge in [0.15, 0.2) is 0 Å². The standard InChI is InChI=1S/C30H27F2N5O3S/c31-30(32)40-25-11-4-3-9-22(25)28(38)34-14-6-5-10-23(37-29(39)26-17-33-18-41-26)27-35-16-24(36-27)21-13-12-19-7-1-2-8-20(19)15-21/h1-4,7-9,11-13,15-18,23,30H,5-6,10,14H2,(H,34,38)(H,35,36)(H,37,39)/t23-/m0/s1. The van der Waals surface area contributed by atoms with E-state index in [9.17, 15) is 18.4 Å². The summed E-state index contributed by atoms with van der Waals surface area (Å²) in [5, 5.41) is 8.05. The average Bonchev–Trinajstić information content (AvgIpc) is 3.69. The van der Waals surface area contributed by atoms with Crippen molar-refractivity contribution in [1.29, 1.82) is 0 Å². The van der Waals surface area contributed by atoms with Crippen LogP contribution in [-0.4, -0.2) is 39.9 Å². The summed E-state index contributed by atoms with van der Waals surface area (Å²) in [7, 11) is 0. The minimum absolute atomic E-state index is 0.0410. The highest BCUT2D eigenvalue weighted by Crippen LogP contribution is 2.26. The zero-order chi connectivity index (χ0) is 28.6. The van der Waals surface area contributed by atoms with Crippen molar-refractivity contribution in [3.05, 3.63) is 101 Å². The molecular formula is C30H27F2N5O3S. The van der Waals surface area contributed by atoms with Gasteiger partial charge in [0.2, 0.25) is 0 Å². The van der Waals surface area contributed by atoms with Crippen LogP contribution in [0.15, 0.2) is 84.6 Å². The summed E-state index contributed by atoms with van der Waals surface area (Å²) in [5.41, 5.74) is 3.45. The highest BCUT2D eigenvalue weighted by molar-refractivity contribution is 7.11. The lowest BCUT2D eigenvalue weighted by molar-refractivity contribution is -0.0501. The van der Waals surface area contributed by atoms with Crippen LogP contribution in [-0.2, 0) is 0 Å². The van der Waals surface area contributed by atoms with E-state index in [-0.39, 0.29) is 17.2 Å². The first-order valence-corrected chi connectivity index (χ1v) is 13.9. The summed E-state index contributed by atoms with van der Waals surface area (Å²) in [6.45, 7) is -2.71. The van der Waals surface area contributed by atoms with Crippen molar-refractivity contribution >= 4 is 33.9 Å². The highest BCUT2D eigenvalue weighted by Gasteiger charge is 2.20. The monoisotopic (exact) mass is 575 g/mol. The van der Waals surface area contributed by atoms with Crippen LogP contribution in [0.5, 0.6) is 5.75 Å². The highest BCUT2D eigenvalue weighted by atomic mass is 32.1. The normalized spacial score (nSPS) is 11.9. The van der Waals surface area contributed by atoms with E-state index >= 15 is 0 Å². The Hall–Kier alpha value is -4.64. The molecule has 0 bridgehead atoms. The van der Waals surface area contributed by atoms with E-state index < -0.39 is 18.6 Å². The molecule has 8 nitrogen and oxygen atoms in total. The number of imidazole rings is 1. The number of nitrogens with one attached hydrogen (secondary N) is 3. The van der Waals surface area contributed by atoms with Gasteiger partial charge in [-0.05, 0) is 48.2 Å². The van der Waals surface area contributed by atoms with Crippen LogP contribution in [0.4, 0.5) is 8.78 Å². The molecule has 0 aliphatic heterocycles. The molecule has 0 aliphatic rings. The number of fused-ring (bicyclic) bond motifs is 1. The molecule has 41 heavy (non-hydrogen) atoms. The number of ether oxygens (including phenoxy) is 1. The van der Waals surface area contributed by atoms with Gasteiger partial charge >= 0.3 is 6.61 Å². The molecule has 0 saturated carbocycles. The number of benzene rings is 3. The lowest BCUT2D eigenvalue weighted by Gasteiger charge is -2.16. The Bertz CT molecular complexity index is 1620. The lowest BCUT2D eigenvalue weighted by Crippen LogP contribution is -2.29. The Morgan fingerprint density at radius 3 is 2.56 bits per heavy atom. The molecule has 3 aromatic carbocycles. The maximum absolute atomic E-state index is 12.9. The fourth-order valence-corrected chi connectivity index (χ4v) is 5.00. The van der Waals surface area contributed by atoms with Gasteiger partial charge in [0.05, 0.1) is 35.2 Å². The molecule has 0 radical (unpaired) electrons. The van der Waals surface area contributed by atoms with Gasteiger partial charge in [-0.3, -0.25) is 14.6 Å². The van der Waals surface area contributed by atoms with E-state index in [2.05, 4.69) is 54.6 Å². The number of aromatic amines is 1.